The Bertz CT molecular complexity index is 414. The van der Waals surface area contributed by atoms with Crippen LogP contribution in [0.2, 0.25) is 0 Å². The molecule has 0 aliphatic carbocycles. The molecule has 1 aliphatic heterocycles. The maximum atomic E-state index is 13.3. The highest BCUT2D eigenvalue weighted by Gasteiger charge is 2.16. The molecule has 0 saturated carbocycles. The van der Waals surface area contributed by atoms with Gasteiger partial charge in [0.1, 0.15) is 5.84 Å². The number of likely N-dealkylation sites (tertiary alicyclic amines) is 1. The van der Waals surface area contributed by atoms with Gasteiger partial charge in [-0.2, -0.15) is 0 Å². The molecule has 17 heavy (non-hydrogen) atoms. The van der Waals surface area contributed by atoms with Crippen molar-refractivity contribution in [1.29, 1.82) is 5.41 Å². The van der Waals surface area contributed by atoms with Crippen LogP contribution in [0.5, 0.6) is 5.75 Å². The van der Waals surface area contributed by atoms with Gasteiger partial charge >= 0.3 is 0 Å². The van der Waals surface area contributed by atoms with Gasteiger partial charge in [-0.1, -0.05) is 0 Å². The Kier molecular flexibility index (Phi) is 3.61. The molecular weight excluding hydrogens is 219 g/mol. The van der Waals surface area contributed by atoms with Crippen LogP contribution in [0.1, 0.15) is 24.8 Å². The van der Waals surface area contributed by atoms with Crippen molar-refractivity contribution in [2.45, 2.75) is 19.3 Å². The van der Waals surface area contributed by atoms with Crippen molar-refractivity contribution in [3.8, 4) is 5.75 Å². The smallest absolute Gasteiger partial charge is 0.165 e. The van der Waals surface area contributed by atoms with E-state index in [1.807, 2.05) is 4.90 Å². The van der Waals surface area contributed by atoms with Crippen LogP contribution < -0.4 is 4.74 Å². The number of hydrogen-bond donors (Lipinski definition) is 1. The number of ether oxygens (including phenoxy) is 1. The van der Waals surface area contributed by atoms with Crippen molar-refractivity contribution >= 4 is 5.84 Å². The summed E-state index contributed by atoms with van der Waals surface area (Å²) >= 11 is 0. The van der Waals surface area contributed by atoms with Gasteiger partial charge < -0.3 is 9.64 Å². The Morgan fingerprint density at radius 2 is 2.00 bits per heavy atom. The van der Waals surface area contributed by atoms with E-state index in [1.165, 1.54) is 19.6 Å². The van der Waals surface area contributed by atoms with Gasteiger partial charge in [-0.3, -0.25) is 5.41 Å². The van der Waals surface area contributed by atoms with E-state index >= 15 is 0 Å². The topological polar surface area (TPSA) is 36.3 Å². The second kappa shape index (κ2) is 5.17. The van der Waals surface area contributed by atoms with Crippen LogP contribution in [-0.2, 0) is 0 Å². The zero-order valence-electron chi connectivity index (χ0n) is 10.0. The summed E-state index contributed by atoms with van der Waals surface area (Å²) in [4.78, 5) is 2.04. The first-order valence-electron chi connectivity index (χ1n) is 5.90. The van der Waals surface area contributed by atoms with Gasteiger partial charge in [0.25, 0.3) is 0 Å². The zero-order valence-corrected chi connectivity index (χ0v) is 10.0. The van der Waals surface area contributed by atoms with Crippen molar-refractivity contribution < 1.29 is 9.13 Å². The van der Waals surface area contributed by atoms with E-state index < -0.39 is 0 Å². The molecular formula is C13H17FN2O. The third-order valence-electron chi connectivity index (χ3n) is 3.10. The summed E-state index contributed by atoms with van der Waals surface area (Å²) in [5.74, 6) is 0.273. The number of piperidine rings is 1. The number of halogens is 1. The first-order chi connectivity index (χ1) is 8.22. The van der Waals surface area contributed by atoms with Crippen molar-refractivity contribution in [1.82, 2.24) is 4.90 Å². The second-order valence-corrected chi connectivity index (χ2v) is 4.25. The van der Waals surface area contributed by atoms with Crippen LogP contribution in [0, 0.1) is 11.2 Å². The van der Waals surface area contributed by atoms with Gasteiger partial charge in [-0.15, -0.1) is 0 Å². The number of nitrogens with one attached hydrogen (secondary N) is 1. The quantitative estimate of drug-likeness (QED) is 0.633. The molecule has 0 amide bonds. The number of amidine groups is 1. The predicted molar refractivity (Wildman–Crippen MR) is 65.2 cm³/mol. The highest BCUT2D eigenvalue weighted by molar-refractivity contribution is 5.96. The third-order valence-corrected chi connectivity index (χ3v) is 3.10. The highest BCUT2D eigenvalue weighted by atomic mass is 19.1. The fraction of sp³-hybridized carbons (Fsp3) is 0.462. The highest BCUT2D eigenvalue weighted by Crippen LogP contribution is 2.20. The number of methoxy groups -OCH3 is 1. The summed E-state index contributed by atoms with van der Waals surface area (Å²) in [6.07, 6.45) is 3.48. The lowest BCUT2D eigenvalue weighted by molar-refractivity contribution is 0.340. The average Bonchev–Trinajstić information content (AvgIpc) is 2.39. The molecule has 1 aromatic rings. The summed E-state index contributed by atoms with van der Waals surface area (Å²) in [7, 11) is 1.44. The minimum atomic E-state index is -0.386. The summed E-state index contributed by atoms with van der Waals surface area (Å²) in [6.45, 7) is 1.83. The van der Waals surface area contributed by atoms with Crippen molar-refractivity contribution in [3.63, 3.8) is 0 Å². The molecule has 0 spiro atoms. The largest absolute Gasteiger partial charge is 0.494 e. The van der Waals surface area contributed by atoms with Crippen LogP contribution in [0.4, 0.5) is 4.39 Å². The third kappa shape index (κ3) is 2.57. The lowest BCUT2D eigenvalue weighted by Crippen LogP contribution is -2.35. The molecule has 0 unspecified atom stereocenters. The Morgan fingerprint density at radius 3 is 2.65 bits per heavy atom. The van der Waals surface area contributed by atoms with E-state index in [4.69, 9.17) is 10.1 Å². The Labute approximate surface area is 101 Å². The molecule has 0 bridgehead atoms. The average molecular weight is 236 g/mol. The first-order valence-corrected chi connectivity index (χ1v) is 5.90. The summed E-state index contributed by atoms with van der Waals surface area (Å²) in [6, 6.07) is 4.58. The van der Waals surface area contributed by atoms with E-state index in [0.29, 0.717) is 11.4 Å². The van der Waals surface area contributed by atoms with Crippen LogP contribution in [0.3, 0.4) is 0 Å². The van der Waals surface area contributed by atoms with Crippen molar-refractivity contribution in [3.05, 3.63) is 29.6 Å². The number of benzene rings is 1. The number of rotatable bonds is 2. The first kappa shape index (κ1) is 11.9. The maximum absolute atomic E-state index is 13.3. The second-order valence-electron chi connectivity index (χ2n) is 4.25. The normalized spacial score (nSPS) is 15.8. The Hall–Kier alpha value is -1.58. The minimum absolute atomic E-state index is 0.198. The monoisotopic (exact) mass is 236 g/mol. The molecule has 2 rings (SSSR count). The van der Waals surface area contributed by atoms with Crippen LogP contribution in [0.25, 0.3) is 0 Å². The molecule has 1 saturated heterocycles. The van der Waals surface area contributed by atoms with E-state index in [1.54, 1.807) is 12.1 Å². The van der Waals surface area contributed by atoms with Crippen LogP contribution >= 0.6 is 0 Å². The SMILES string of the molecule is COc1cc(C(=N)N2CCCCC2)ccc1F. The lowest BCUT2D eigenvalue weighted by atomic mass is 10.1. The van der Waals surface area contributed by atoms with Crippen molar-refractivity contribution in [2.75, 3.05) is 20.2 Å². The summed E-state index contributed by atoms with van der Waals surface area (Å²) in [5, 5.41) is 8.11. The molecule has 92 valence electrons. The van der Waals surface area contributed by atoms with Crippen LogP contribution in [-0.4, -0.2) is 30.9 Å². The standard InChI is InChI=1S/C13H17FN2O/c1-17-12-9-10(5-6-11(12)14)13(15)16-7-3-2-4-8-16/h5-6,9,15H,2-4,7-8H2,1H3. The van der Waals surface area contributed by atoms with E-state index in [2.05, 4.69) is 0 Å². The Balaban J connectivity index is 2.18. The Morgan fingerprint density at radius 1 is 1.29 bits per heavy atom. The van der Waals surface area contributed by atoms with Gasteiger partial charge in [-0.25, -0.2) is 4.39 Å². The number of nitrogens with zero attached hydrogens (tertiary/aromatic N) is 1. The lowest BCUT2D eigenvalue weighted by Gasteiger charge is -2.29. The van der Waals surface area contributed by atoms with Gasteiger partial charge in [0.15, 0.2) is 11.6 Å². The molecule has 4 heteroatoms. The molecule has 0 radical (unpaired) electrons. The molecule has 1 fully saturated rings. The van der Waals surface area contributed by atoms with Gasteiger partial charge in [0.2, 0.25) is 0 Å². The minimum Gasteiger partial charge on any atom is -0.494 e. The fourth-order valence-electron chi connectivity index (χ4n) is 2.11. The predicted octanol–water partition coefficient (Wildman–Crippen LogP) is 2.65. The molecule has 1 heterocycles. The zero-order chi connectivity index (χ0) is 12.3. The molecule has 0 atom stereocenters. The van der Waals surface area contributed by atoms with E-state index in [9.17, 15) is 4.39 Å². The maximum Gasteiger partial charge on any atom is 0.165 e. The molecule has 1 N–H and O–H groups in total. The van der Waals surface area contributed by atoms with Gasteiger partial charge in [0, 0.05) is 18.7 Å². The van der Waals surface area contributed by atoms with E-state index in [0.717, 1.165) is 25.9 Å². The number of hydrogen-bond acceptors (Lipinski definition) is 2. The van der Waals surface area contributed by atoms with Gasteiger partial charge in [-0.05, 0) is 37.5 Å². The molecule has 1 aromatic carbocycles. The van der Waals surface area contributed by atoms with Gasteiger partial charge in [0.05, 0.1) is 7.11 Å². The fourth-order valence-corrected chi connectivity index (χ4v) is 2.11. The van der Waals surface area contributed by atoms with Crippen LogP contribution in [0.15, 0.2) is 18.2 Å². The van der Waals surface area contributed by atoms with E-state index in [-0.39, 0.29) is 11.6 Å². The summed E-state index contributed by atoms with van der Waals surface area (Å²) < 4.78 is 18.2. The summed E-state index contributed by atoms with van der Waals surface area (Å²) in [5.41, 5.74) is 0.713. The van der Waals surface area contributed by atoms with Crippen molar-refractivity contribution in [2.24, 2.45) is 0 Å². The molecule has 0 aromatic heterocycles. The molecule has 1 aliphatic rings. The molecule has 3 nitrogen and oxygen atoms in total.